The Morgan fingerprint density at radius 1 is 1.62 bits per heavy atom. The monoisotopic (exact) mass is 180 g/mol. The Bertz CT molecular complexity index is 278. The maximum atomic E-state index is 5.16. The molecule has 0 aromatic carbocycles. The molecule has 1 aliphatic rings. The first-order valence-electron chi connectivity index (χ1n) is 4.88. The van der Waals surface area contributed by atoms with Crippen molar-refractivity contribution in [1.82, 2.24) is 10.1 Å². The fourth-order valence-corrected chi connectivity index (χ4v) is 1.69. The maximum absolute atomic E-state index is 5.16. The van der Waals surface area contributed by atoms with Crippen molar-refractivity contribution in [2.24, 2.45) is 0 Å². The summed E-state index contributed by atoms with van der Waals surface area (Å²) in [6.07, 6.45) is 4.05. The normalized spacial score (nSPS) is 17.8. The largest absolute Gasteiger partial charge is 0.360 e. The van der Waals surface area contributed by atoms with Crippen molar-refractivity contribution in [1.29, 1.82) is 0 Å². The van der Waals surface area contributed by atoms with Crippen LogP contribution in [0.2, 0.25) is 0 Å². The summed E-state index contributed by atoms with van der Waals surface area (Å²) in [5.74, 6) is 0.979. The molecule has 0 N–H and O–H groups in total. The molecule has 0 radical (unpaired) electrons. The Labute approximate surface area is 78.7 Å². The third kappa shape index (κ3) is 1.91. The van der Waals surface area contributed by atoms with Gasteiger partial charge in [-0.25, -0.2) is 0 Å². The summed E-state index contributed by atoms with van der Waals surface area (Å²) in [6, 6.07) is 2.78. The molecule has 2 rings (SSSR count). The van der Waals surface area contributed by atoms with Gasteiger partial charge in [-0.1, -0.05) is 11.6 Å². The number of hydrogen-bond acceptors (Lipinski definition) is 3. The number of aromatic nitrogens is 1. The van der Waals surface area contributed by atoms with Crippen LogP contribution in [0.3, 0.4) is 0 Å². The molecule has 13 heavy (non-hydrogen) atoms. The fourth-order valence-electron chi connectivity index (χ4n) is 1.69. The van der Waals surface area contributed by atoms with Gasteiger partial charge in [0.25, 0.3) is 0 Å². The molecule has 1 aliphatic carbocycles. The maximum Gasteiger partial charge on any atom is 0.150 e. The van der Waals surface area contributed by atoms with Gasteiger partial charge in [0.2, 0.25) is 0 Å². The van der Waals surface area contributed by atoms with Crippen LogP contribution in [-0.4, -0.2) is 23.1 Å². The van der Waals surface area contributed by atoms with E-state index in [1.807, 2.05) is 13.0 Å². The molecule has 0 bridgehead atoms. The van der Waals surface area contributed by atoms with Crippen molar-refractivity contribution < 1.29 is 4.52 Å². The third-order valence-corrected chi connectivity index (χ3v) is 2.78. The van der Waals surface area contributed by atoms with Crippen LogP contribution in [-0.2, 0) is 6.54 Å². The van der Waals surface area contributed by atoms with Gasteiger partial charge in [0.05, 0.1) is 12.2 Å². The van der Waals surface area contributed by atoms with E-state index in [9.17, 15) is 0 Å². The average molecular weight is 180 g/mol. The first-order chi connectivity index (χ1) is 6.25. The van der Waals surface area contributed by atoms with Gasteiger partial charge in [0, 0.05) is 12.1 Å². The van der Waals surface area contributed by atoms with Crippen LogP contribution in [0.15, 0.2) is 10.6 Å². The van der Waals surface area contributed by atoms with Crippen LogP contribution < -0.4 is 0 Å². The number of rotatable bonds is 3. The number of nitrogens with zero attached hydrogens (tertiary/aromatic N) is 2. The standard InChI is InChI=1S/C10H16N2O/c1-8-6-10(13-11-8)7-12(2)9-4-3-5-9/h6,9H,3-5,7H2,1-2H3. The Hall–Kier alpha value is -0.830. The van der Waals surface area contributed by atoms with E-state index in [2.05, 4.69) is 17.1 Å². The first-order valence-corrected chi connectivity index (χ1v) is 4.88. The van der Waals surface area contributed by atoms with E-state index < -0.39 is 0 Å². The molecule has 72 valence electrons. The van der Waals surface area contributed by atoms with Crippen LogP contribution in [0, 0.1) is 6.92 Å². The molecule has 1 heterocycles. The first kappa shape index (κ1) is 8.75. The van der Waals surface area contributed by atoms with Gasteiger partial charge in [-0.15, -0.1) is 0 Å². The lowest BCUT2D eigenvalue weighted by Gasteiger charge is -2.33. The van der Waals surface area contributed by atoms with Gasteiger partial charge in [0.1, 0.15) is 0 Å². The van der Waals surface area contributed by atoms with Crippen molar-refractivity contribution in [2.75, 3.05) is 7.05 Å². The van der Waals surface area contributed by atoms with Crippen LogP contribution in [0.4, 0.5) is 0 Å². The lowest BCUT2D eigenvalue weighted by molar-refractivity contribution is 0.139. The van der Waals surface area contributed by atoms with E-state index in [-0.39, 0.29) is 0 Å². The average Bonchev–Trinajstić information content (AvgIpc) is 2.31. The molecule has 1 aromatic rings. The van der Waals surface area contributed by atoms with Gasteiger partial charge < -0.3 is 4.52 Å². The molecule has 0 amide bonds. The van der Waals surface area contributed by atoms with E-state index in [4.69, 9.17) is 4.52 Å². The Balaban J connectivity index is 1.89. The lowest BCUT2D eigenvalue weighted by atomic mass is 9.92. The minimum Gasteiger partial charge on any atom is -0.360 e. The van der Waals surface area contributed by atoms with Crippen LogP contribution >= 0.6 is 0 Å². The zero-order valence-electron chi connectivity index (χ0n) is 8.29. The molecule has 0 spiro atoms. The highest BCUT2D eigenvalue weighted by molar-refractivity contribution is 5.03. The molecule has 1 aromatic heterocycles. The van der Waals surface area contributed by atoms with E-state index >= 15 is 0 Å². The topological polar surface area (TPSA) is 29.3 Å². The smallest absolute Gasteiger partial charge is 0.150 e. The summed E-state index contributed by atoms with van der Waals surface area (Å²) in [5.41, 5.74) is 0.969. The summed E-state index contributed by atoms with van der Waals surface area (Å²) in [4.78, 5) is 2.35. The van der Waals surface area contributed by atoms with E-state index in [1.165, 1.54) is 19.3 Å². The zero-order valence-corrected chi connectivity index (χ0v) is 8.29. The second-order valence-corrected chi connectivity index (χ2v) is 3.93. The van der Waals surface area contributed by atoms with Gasteiger partial charge in [-0.05, 0) is 26.8 Å². The van der Waals surface area contributed by atoms with Gasteiger partial charge in [-0.2, -0.15) is 0 Å². The summed E-state index contributed by atoms with van der Waals surface area (Å²) in [5, 5.41) is 3.87. The minimum atomic E-state index is 0.769. The van der Waals surface area contributed by atoms with Gasteiger partial charge in [-0.3, -0.25) is 4.90 Å². The third-order valence-electron chi connectivity index (χ3n) is 2.78. The fraction of sp³-hybridized carbons (Fsp3) is 0.700. The number of hydrogen-bond donors (Lipinski definition) is 0. The van der Waals surface area contributed by atoms with E-state index in [0.717, 1.165) is 24.0 Å². The zero-order chi connectivity index (χ0) is 9.26. The van der Waals surface area contributed by atoms with Crippen LogP contribution in [0.5, 0.6) is 0 Å². The molecule has 3 heteroatoms. The predicted molar refractivity (Wildman–Crippen MR) is 50.3 cm³/mol. The highest BCUT2D eigenvalue weighted by atomic mass is 16.5. The lowest BCUT2D eigenvalue weighted by Crippen LogP contribution is -2.36. The van der Waals surface area contributed by atoms with Crippen molar-refractivity contribution in [3.05, 3.63) is 17.5 Å². The minimum absolute atomic E-state index is 0.769. The van der Waals surface area contributed by atoms with Crippen molar-refractivity contribution in [3.63, 3.8) is 0 Å². The quantitative estimate of drug-likeness (QED) is 0.712. The highest BCUT2D eigenvalue weighted by Gasteiger charge is 2.22. The molecule has 0 saturated heterocycles. The predicted octanol–water partition coefficient (Wildman–Crippen LogP) is 1.97. The van der Waals surface area contributed by atoms with Crippen LogP contribution in [0.25, 0.3) is 0 Å². The van der Waals surface area contributed by atoms with Crippen LogP contribution in [0.1, 0.15) is 30.7 Å². The second-order valence-electron chi connectivity index (χ2n) is 3.93. The molecular weight excluding hydrogens is 164 g/mol. The number of aryl methyl sites for hydroxylation is 1. The summed E-state index contributed by atoms with van der Waals surface area (Å²) < 4.78 is 5.16. The molecular formula is C10H16N2O. The molecule has 1 saturated carbocycles. The summed E-state index contributed by atoms with van der Waals surface area (Å²) >= 11 is 0. The summed E-state index contributed by atoms with van der Waals surface area (Å²) in [7, 11) is 2.15. The Morgan fingerprint density at radius 3 is 2.85 bits per heavy atom. The van der Waals surface area contributed by atoms with Gasteiger partial charge >= 0.3 is 0 Å². The van der Waals surface area contributed by atoms with Gasteiger partial charge in [0.15, 0.2) is 5.76 Å². The molecule has 0 atom stereocenters. The van der Waals surface area contributed by atoms with E-state index in [1.54, 1.807) is 0 Å². The van der Waals surface area contributed by atoms with E-state index in [0.29, 0.717) is 0 Å². The van der Waals surface area contributed by atoms with Crippen molar-refractivity contribution in [2.45, 2.75) is 38.8 Å². The second kappa shape index (κ2) is 3.50. The van der Waals surface area contributed by atoms with Crippen molar-refractivity contribution >= 4 is 0 Å². The molecule has 0 unspecified atom stereocenters. The molecule has 3 nitrogen and oxygen atoms in total. The highest BCUT2D eigenvalue weighted by Crippen LogP contribution is 2.24. The Kier molecular flexibility index (Phi) is 2.36. The van der Waals surface area contributed by atoms with Crippen molar-refractivity contribution in [3.8, 4) is 0 Å². The molecule has 0 aliphatic heterocycles. The molecule has 1 fully saturated rings. The summed E-state index contributed by atoms with van der Waals surface area (Å²) in [6.45, 7) is 2.85. The SMILES string of the molecule is Cc1cc(CN(C)C2CCC2)on1. The Morgan fingerprint density at radius 2 is 2.38 bits per heavy atom.